The standard InChI is InChI=1S/C10H21FN2/c1-2-12-7-9-13(10-8-12)6-4-3-5-11/h2-10H2,1H3. The van der Waals surface area contributed by atoms with Gasteiger partial charge in [-0.05, 0) is 25.9 Å². The van der Waals surface area contributed by atoms with Gasteiger partial charge in [-0.2, -0.15) is 0 Å². The summed E-state index contributed by atoms with van der Waals surface area (Å²) in [7, 11) is 0. The summed E-state index contributed by atoms with van der Waals surface area (Å²) in [5.74, 6) is 0. The molecule has 2 nitrogen and oxygen atoms in total. The molecule has 0 aromatic heterocycles. The van der Waals surface area contributed by atoms with Crippen LogP contribution in [0.3, 0.4) is 0 Å². The predicted octanol–water partition coefficient (Wildman–Crippen LogP) is 1.37. The lowest BCUT2D eigenvalue weighted by Crippen LogP contribution is -2.46. The van der Waals surface area contributed by atoms with Gasteiger partial charge in [-0.15, -0.1) is 0 Å². The van der Waals surface area contributed by atoms with E-state index < -0.39 is 0 Å². The van der Waals surface area contributed by atoms with Gasteiger partial charge in [-0.3, -0.25) is 4.39 Å². The number of piperazine rings is 1. The van der Waals surface area contributed by atoms with Crippen LogP contribution in [0.5, 0.6) is 0 Å². The summed E-state index contributed by atoms with van der Waals surface area (Å²) < 4.78 is 11.8. The Kier molecular flexibility index (Phi) is 5.32. The number of rotatable bonds is 5. The van der Waals surface area contributed by atoms with Crippen molar-refractivity contribution in [3.8, 4) is 0 Å². The maximum Gasteiger partial charge on any atom is 0.0894 e. The van der Waals surface area contributed by atoms with Crippen LogP contribution in [0.4, 0.5) is 4.39 Å². The van der Waals surface area contributed by atoms with Crippen molar-refractivity contribution in [2.75, 3.05) is 45.9 Å². The smallest absolute Gasteiger partial charge is 0.0894 e. The van der Waals surface area contributed by atoms with Gasteiger partial charge in [0.1, 0.15) is 0 Å². The molecule has 0 aliphatic carbocycles. The molecule has 0 atom stereocenters. The summed E-state index contributed by atoms with van der Waals surface area (Å²) in [5, 5.41) is 0. The minimum atomic E-state index is -0.158. The van der Waals surface area contributed by atoms with Gasteiger partial charge in [-0.25, -0.2) is 0 Å². The number of nitrogens with zero attached hydrogens (tertiary/aromatic N) is 2. The van der Waals surface area contributed by atoms with Crippen LogP contribution in [0.1, 0.15) is 19.8 Å². The van der Waals surface area contributed by atoms with Gasteiger partial charge in [-0.1, -0.05) is 6.92 Å². The van der Waals surface area contributed by atoms with Crippen molar-refractivity contribution < 1.29 is 4.39 Å². The highest BCUT2D eigenvalue weighted by molar-refractivity contribution is 4.70. The average molecular weight is 188 g/mol. The zero-order valence-electron chi connectivity index (χ0n) is 8.64. The highest BCUT2D eigenvalue weighted by atomic mass is 19.1. The third-order valence-corrected chi connectivity index (χ3v) is 2.77. The Morgan fingerprint density at radius 1 is 1.00 bits per heavy atom. The van der Waals surface area contributed by atoms with Gasteiger partial charge in [0.2, 0.25) is 0 Å². The Morgan fingerprint density at radius 3 is 2.15 bits per heavy atom. The Bertz CT molecular complexity index is 119. The van der Waals surface area contributed by atoms with E-state index in [1.807, 2.05) is 0 Å². The van der Waals surface area contributed by atoms with Gasteiger partial charge in [0.25, 0.3) is 0 Å². The first kappa shape index (κ1) is 10.9. The molecule has 0 aromatic carbocycles. The second kappa shape index (κ2) is 6.33. The van der Waals surface area contributed by atoms with Crippen molar-refractivity contribution in [2.24, 2.45) is 0 Å². The Hall–Kier alpha value is -0.150. The van der Waals surface area contributed by atoms with Gasteiger partial charge >= 0.3 is 0 Å². The van der Waals surface area contributed by atoms with Crippen molar-refractivity contribution in [3.63, 3.8) is 0 Å². The number of hydrogen-bond acceptors (Lipinski definition) is 2. The fourth-order valence-electron chi connectivity index (χ4n) is 1.76. The van der Waals surface area contributed by atoms with Crippen molar-refractivity contribution in [2.45, 2.75) is 19.8 Å². The number of alkyl halides is 1. The number of likely N-dealkylation sites (N-methyl/N-ethyl adjacent to an activating group) is 1. The van der Waals surface area contributed by atoms with Gasteiger partial charge in [0.05, 0.1) is 6.67 Å². The number of halogens is 1. The van der Waals surface area contributed by atoms with E-state index in [2.05, 4.69) is 16.7 Å². The highest BCUT2D eigenvalue weighted by Crippen LogP contribution is 2.02. The van der Waals surface area contributed by atoms with Crippen LogP contribution in [0.2, 0.25) is 0 Å². The zero-order valence-corrected chi connectivity index (χ0v) is 8.64. The molecule has 0 bridgehead atoms. The molecule has 1 heterocycles. The fourth-order valence-corrected chi connectivity index (χ4v) is 1.76. The molecular weight excluding hydrogens is 167 g/mol. The van der Waals surface area contributed by atoms with Gasteiger partial charge in [0, 0.05) is 26.2 Å². The molecule has 1 fully saturated rings. The van der Waals surface area contributed by atoms with Gasteiger partial charge in [0.15, 0.2) is 0 Å². The second-order valence-corrected chi connectivity index (χ2v) is 3.67. The third kappa shape index (κ3) is 4.05. The third-order valence-electron chi connectivity index (χ3n) is 2.77. The average Bonchev–Trinajstić information content (AvgIpc) is 2.19. The quantitative estimate of drug-likeness (QED) is 0.601. The molecule has 13 heavy (non-hydrogen) atoms. The number of unbranched alkanes of at least 4 members (excludes halogenated alkanes) is 1. The summed E-state index contributed by atoms with van der Waals surface area (Å²) >= 11 is 0. The Labute approximate surface area is 80.7 Å². The summed E-state index contributed by atoms with van der Waals surface area (Å²) in [6.45, 7) is 9.01. The molecule has 0 radical (unpaired) electrons. The van der Waals surface area contributed by atoms with Crippen molar-refractivity contribution >= 4 is 0 Å². The molecule has 78 valence electrons. The monoisotopic (exact) mass is 188 g/mol. The second-order valence-electron chi connectivity index (χ2n) is 3.67. The molecule has 0 spiro atoms. The van der Waals surface area contributed by atoms with Crippen LogP contribution in [-0.2, 0) is 0 Å². The highest BCUT2D eigenvalue weighted by Gasteiger charge is 2.14. The number of hydrogen-bond donors (Lipinski definition) is 0. The maximum atomic E-state index is 11.8. The predicted molar refractivity (Wildman–Crippen MR) is 53.8 cm³/mol. The van der Waals surface area contributed by atoms with Crippen molar-refractivity contribution in [1.29, 1.82) is 0 Å². The molecule has 0 unspecified atom stereocenters. The summed E-state index contributed by atoms with van der Waals surface area (Å²) in [6, 6.07) is 0. The van der Waals surface area contributed by atoms with Crippen molar-refractivity contribution in [1.82, 2.24) is 9.80 Å². The topological polar surface area (TPSA) is 6.48 Å². The first-order valence-electron chi connectivity index (χ1n) is 5.37. The SMILES string of the molecule is CCN1CCN(CCCCF)CC1. The van der Waals surface area contributed by atoms with E-state index in [0.29, 0.717) is 0 Å². The zero-order chi connectivity index (χ0) is 9.52. The Morgan fingerprint density at radius 2 is 1.62 bits per heavy atom. The van der Waals surface area contributed by atoms with Crippen LogP contribution in [-0.4, -0.2) is 55.7 Å². The van der Waals surface area contributed by atoms with E-state index in [4.69, 9.17) is 0 Å². The first-order chi connectivity index (χ1) is 6.36. The fraction of sp³-hybridized carbons (Fsp3) is 1.00. The molecule has 1 aliphatic heterocycles. The Balaban J connectivity index is 2.03. The van der Waals surface area contributed by atoms with Crippen LogP contribution in [0.25, 0.3) is 0 Å². The van der Waals surface area contributed by atoms with E-state index in [1.165, 1.54) is 32.7 Å². The summed E-state index contributed by atoms with van der Waals surface area (Å²) in [4.78, 5) is 4.91. The van der Waals surface area contributed by atoms with Gasteiger partial charge < -0.3 is 9.80 Å². The minimum absolute atomic E-state index is 0.158. The molecule has 3 heteroatoms. The summed E-state index contributed by atoms with van der Waals surface area (Å²) in [5.41, 5.74) is 0. The van der Waals surface area contributed by atoms with E-state index in [0.717, 1.165) is 19.4 Å². The minimum Gasteiger partial charge on any atom is -0.301 e. The maximum absolute atomic E-state index is 11.8. The lowest BCUT2D eigenvalue weighted by molar-refractivity contribution is 0.135. The molecule has 1 rings (SSSR count). The molecule has 0 aromatic rings. The largest absolute Gasteiger partial charge is 0.301 e. The lowest BCUT2D eigenvalue weighted by Gasteiger charge is -2.33. The van der Waals surface area contributed by atoms with E-state index >= 15 is 0 Å². The molecule has 0 saturated carbocycles. The molecule has 0 amide bonds. The van der Waals surface area contributed by atoms with Crippen LogP contribution in [0.15, 0.2) is 0 Å². The summed E-state index contributed by atoms with van der Waals surface area (Å²) in [6.07, 6.45) is 1.75. The molecule has 1 saturated heterocycles. The normalized spacial score (nSPS) is 20.8. The molecule has 0 N–H and O–H groups in total. The van der Waals surface area contributed by atoms with E-state index in [1.54, 1.807) is 0 Å². The first-order valence-corrected chi connectivity index (χ1v) is 5.37. The van der Waals surface area contributed by atoms with E-state index in [-0.39, 0.29) is 6.67 Å². The lowest BCUT2D eigenvalue weighted by atomic mass is 10.2. The van der Waals surface area contributed by atoms with Crippen LogP contribution >= 0.6 is 0 Å². The van der Waals surface area contributed by atoms with Crippen LogP contribution < -0.4 is 0 Å². The van der Waals surface area contributed by atoms with Crippen LogP contribution in [0, 0.1) is 0 Å². The molecule has 1 aliphatic rings. The molecular formula is C10H21FN2. The van der Waals surface area contributed by atoms with Crippen molar-refractivity contribution in [3.05, 3.63) is 0 Å². The van der Waals surface area contributed by atoms with E-state index in [9.17, 15) is 4.39 Å².